The Balaban J connectivity index is 1.94. The number of hydrogen-bond acceptors (Lipinski definition) is 6. The van der Waals surface area contributed by atoms with E-state index in [2.05, 4.69) is 22.0 Å². The van der Waals surface area contributed by atoms with Crippen LogP contribution >= 0.6 is 23.1 Å². The second-order valence-electron chi connectivity index (χ2n) is 4.82. The van der Waals surface area contributed by atoms with Crippen molar-refractivity contribution in [1.82, 2.24) is 19.7 Å². The number of unbranched alkanes of at least 4 members (excludes halogenated alkanes) is 1. The smallest absolute Gasteiger partial charge is 0.145 e. The fraction of sp³-hybridized carbons (Fsp3) is 0.357. The van der Waals surface area contributed by atoms with Gasteiger partial charge < -0.3 is 5.73 Å². The Morgan fingerprint density at radius 1 is 1.38 bits per heavy atom. The summed E-state index contributed by atoms with van der Waals surface area (Å²) in [5, 5.41) is 4.17. The van der Waals surface area contributed by atoms with Crippen LogP contribution in [0.3, 0.4) is 0 Å². The highest BCUT2D eigenvalue weighted by Crippen LogP contribution is 2.39. The van der Waals surface area contributed by atoms with Crippen molar-refractivity contribution >= 4 is 39.1 Å². The second-order valence-corrected chi connectivity index (χ2v) is 7.18. The molecule has 0 aliphatic heterocycles. The number of nitrogens with zero attached hydrogens (tertiary/aromatic N) is 4. The van der Waals surface area contributed by atoms with Crippen molar-refractivity contribution in [3.8, 4) is 11.3 Å². The van der Waals surface area contributed by atoms with Gasteiger partial charge in [-0.2, -0.15) is 5.10 Å². The number of thiophene rings is 1. The lowest BCUT2D eigenvalue weighted by Crippen LogP contribution is -1.89. The molecule has 3 rings (SSSR count). The summed E-state index contributed by atoms with van der Waals surface area (Å²) in [6, 6.07) is 0. The van der Waals surface area contributed by atoms with E-state index in [1.165, 1.54) is 12.8 Å². The molecule has 3 heterocycles. The lowest BCUT2D eigenvalue weighted by atomic mass is 10.3. The standard InChI is InChI=1S/C14H17N5S2/c1-3-4-5-20-14-11(15)12-13(21-14)18-10(7-16-12)9-6-17-19(2)8-9/h6-8H,3-5,15H2,1-2H3. The topological polar surface area (TPSA) is 69.6 Å². The first-order chi connectivity index (χ1) is 10.2. The van der Waals surface area contributed by atoms with Crippen molar-refractivity contribution in [3.05, 3.63) is 18.6 Å². The van der Waals surface area contributed by atoms with Crippen LogP contribution in [0.25, 0.3) is 21.6 Å². The minimum Gasteiger partial charge on any atom is -0.395 e. The number of nitrogen functional groups attached to an aromatic ring is 1. The van der Waals surface area contributed by atoms with Gasteiger partial charge in [-0.15, -0.1) is 23.1 Å². The lowest BCUT2D eigenvalue weighted by molar-refractivity contribution is 0.768. The van der Waals surface area contributed by atoms with Crippen LogP contribution in [-0.4, -0.2) is 25.5 Å². The van der Waals surface area contributed by atoms with Crippen LogP contribution < -0.4 is 5.73 Å². The Morgan fingerprint density at radius 3 is 2.95 bits per heavy atom. The molecule has 2 N–H and O–H groups in total. The van der Waals surface area contributed by atoms with Crippen molar-refractivity contribution < 1.29 is 0 Å². The Hall–Kier alpha value is -1.60. The number of thioether (sulfide) groups is 1. The van der Waals surface area contributed by atoms with E-state index >= 15 is 0 Å². The molecular weight excluding hydrogens is 302 g/mol. The first-order valence-corrected chi connectivity index (χ1v) is 8.66. The van der Waals surface area contributed by atoms with Gasteiger partial charge in [-0.05, 0) is 12.2 Å². The van der Waals surface area contributed by atoms with Crippen molar-refractivity contribution in [2.45, 2.75) is 24.0 Å². The zero-order valence-corrected chi connectivity index (χ0v) is 13.7. The maximum Gasteiger partial charge on any atom is 0.145 e. The molecule has 0 aromatic carbocycles. The van der Waals surface area contributed by atoms with Gasteiger partial charge in [0.05, 0.1) is 28.0 Å². The van der Waals surface area contributed by atoms with Crippen LogP contribution in [-0.2, 0) is 7.05 Å². The van der Waals surface area contributed by atoms with E-state index in [1.54, 1.807) is 40.2 Å². The third-order valence-corrected chi connectivity index (χ3v) is 5.60. The van der Waals surface area contributed by atoms with Gasteiger partial charge in [-0.25, -0.2) is 9.97 Å². The van der Waals surface area contributed by atoms with Crippen LogP contribution in [0.2, 0.25) is 0 Å². The number of nitrogens with two attached hydrogens (primary N) is 1. The number of rotatable bonds is 5. The van der Waals surface area contributed by atoms with Crippen LogP contribution in [0.15, 0.2) is 22.8 Å². The third kappa shape index (κ3) is 2.89. The van der Waals surface area contributed by atoms with Crippen LogP contribution in [0.1, 0.15) is 19.8 Å². The highest BCUT2D eigenvalue weighted by atomic mass is 32.2. The van der Waals surface area contributed by atoms with E-state index in [1.807, 2.05) is 13.2 Å². The molecule has 0 aliphatic rings. The maximum absolute atomic E-state index is 6.18. The van der Waals surface area contributed by atoms with Crippen LogP contribution in [0.5, 0.6) is 0 Å². The summed E-state index contributed by atoms with van der Waals surface area (Å²) in [5.74, 6) is 1.09. The predicted octanol–water partition coefficient (Wildman–Crippen LogP) is 3.57. The molecule has 0 spiro atoms. The van der Waals surface area contributed by atoms with E-state index in [-0.39, 0.29) is 0 Å². The molecule has 0 amide bonds. The maximum atomic E-state index is 6.18. The SMILES string of the molecule is CCCCSc1sc2nc(-c3cnn(C)c3)cnc2c1N. The van der Waals surface area contributed by atoms with Crippen LogP contribution in [0.4, 0.5) is 5.69 Å². The molecule has 0 saturated heterocycles. The van der Waals surface area contributed by atoms with E-state index in [9.17, 15) is 0 Å². The largest absolute Gasteiger partial charge is 0.395 e. The summed E-state index contributed by atoms with van der Waals surface area (Å²) in [7, 11) is 1.89. The average Bonchev–Trinajstić information content (AvgIpc) is 3.04. The van der Waals surface area contributed by atoms with Gasteiger partial charge in [0.1, 0.15) is 10.3 Å². The molecular formula is C14H17N5S2. The van der Waals surface area contributed by atoms with Gasteiger partial charge in [0, 0.05) is 18.8 Å². The number of aryl methyl sites for hydroxylation is 1. The predicted molar refractivity (Wildman–Crippen MR) is 89.7 cm³/mol. The quantitative estimate of drug-likeness (QED) is 0.575. The van der Waals surface area contributed by atoms with Gasteiger partial charge in [-0.3, -0.25) is 4.68 Å². The molecule has 5 nitrogen and oxygen atoms in total. The summed E-state index contributed by atoms with van der Waals surface area (Å²) in [6.07, 6.45) is 7.88. The molecule has 0 bridgehead atoms. The normalized spacial score (nSPS) is 11.3. The van der Waals surface area contributed by atoms with Crippen LogP contribution in [0, 0.1) is 0 Å². The molecule has 7 heteroatoms. The summed E-state index contributed by atoms with van der Waals surface area (Å²) in [4.78, 5) is 10.1. The van der Waals surface area contributed by atoms with E-state index in [0.29, 0.717) is 0 Å². The zero-order chi connectivity index (χ0) is 14.8. The molecule has 0 aliphatic carbocycles. The Kier molecular flexibility index (Phi) is 4.12. The first kappa shape index (κ1) is 14.3. The molecule has 3 aromatic heterocycles. The van der Waals surface area contributed by atoms with Crippen molar-refractivity contribution in [2.75, 3.05) is 11.5 Å². The molecule has 3 aromatic rings. The van der Waals surface area contributed by atoms with Gasteiger partial charge in [0.2, 0.25) is 0 Å². The highest BCUT2D eigenvalue weighted by Gasteiger charge is 2.13. The van der Waals surface area contributed by atoms with Gasteiger partial charge >= 0.3 is 0 Å². The number of aromatic nitrogens is 4. The molecule has 0 atom stereocenters. The Labute approximate surface area is 131 Å². The zero-order valence-electron chi connectivity index (χ0n) is 12.0. The molecule has 21 heavy (non-hydrogen) atoms. The molecule has 0 saturated carbocycles. The van der Waals surface area contributed by atoms with E-state index < -0.39 is 0 Å². The van der Waals surface area contributed by atoms with Gasteiger partial charge in [-0.1, -0.05) is 13.3 Å². The minimum atomic E-state index is 0.765. The second kappa shape index (κ2) is 6.03. The van der Waals surface area contributed by atoms with Crippen molar-refractivity contribution in [3.63, 3.8) is 0 Å². The number of fused-ring (bicyclic) bond motifs is 1. The van der Waals surface area contributed by atoms with Gasteiger partial charge in [0.25, 0.3) is 0 Å². The number of hydrogen-bond donors (Lipinski definition) is 1. The van der Waals surface area contributed by atoms with E-state index in [4.69, 9.17) is 5.73 Å². The lowest BCUT2D eigenvalue weighted by Gasteiger charge is -1.97. The summed E-state index contributed by atoms with van der Waals surface area (Å²) < 4.78 is 2.89. The average molecular weight is 319 g/mol. The van der Waals surface area contributed by atoms with E-state index in [0.717, 1.165) is 37.3 Å². The molecule has 110 valence electrons. The fourth-order valence-electron chi connectivity index (χ4n) is 1.98. The van der Waals surface area contributed by atoms with Crippen molar-refractivity contribution in [2.24, 2.45) is 7.05 Å². The Morgan fingerprint density at radius 2 is 2.24 bits per heavy atom. The number of anilines is 1. The third-order valence-electron chi connectivity index (χ3n) is 3.14. The fourth-order valence-corrected chi connectivity index (χ4v) is 4.36. The molecule has 0 fully saturated rings. The Bertz CT molecular complexity index is 762. The monoisotopic (exact) mass is 319 g/mol. The summed E-state index contributed by atoms with van der Waals surface area (Å²) >= 11 is 3.43. The molecule has 0 radical (unpaired) electrons. The minimum absolute atomic E-state index is 0.765. The summed E-state index contributed by atoms with van der Waals surface area (Å²) in [5.41, 5.74) is 9.57. The molecule has 0 unspecified atom stereocenters. The summed E-state index contributed by atoms with van der Waals surface area (Å²) in [6.45, 7) is 2.19. The van der Waals surface area contributed by atoms with Crippen molar-refractivity contribution in [1.29, 1.82) is 0 Å². The first-order valence-electron chi connectivity index (χ1n) is 6.86. The van der Waals surface area contributed by atoms with Gasteiger partial charge in [0.15, 0.2) is 0 Å². The highest BCUT2D eigenvalue weighted by molar-refractivity contribution is 8.01.